The average Bonchev–Trinajstić information content (AvgIpc) is 3.32. The molecule has 0 spiro atoms. The van der Waals surface area contributed by atoms with Gasteiger partial charge in [-0.2, -0.15) is 29.5 Å². The first-order valence-electron chi connectivity index (χ1n) is 7.83. The molecule has 3 rings (SSSR count). The predicted molar refractivity (Wildman–Crippen MR) is 96.7 cm³/mol. The van der Waals surface area contributed by atoms with E-state index in [4.69, 9.17) is 14.6 Å². The molecule has 0 N–H and O–H groups in total. The molecule has 0 bridgehead atoms. The van der Waals surface area contributed by atoms with Gasteiger partial charge in [0.05, 0.1) is 20.2 Å². The topological polar surface area (TPSA) is 81.2 Å². The van der Waals surface area contributed by atoms with E-state index in [9.17, 15) is 25.2 Å². The second-order valence-electron chi connectivity index (χ2n) is 5.36. The Labute approximate surface area is 198 Å². The number of aromatic nitrogens is 4. The molecule has 33 heavy (non-hydrogen) atoms. The fourth-order valence-electron chi connectivity index (χ4n) is 1.80. The van der Waals surface area contributed by atoms with Gasteiger partial charge in [-0.1, -0.05) is 11.4 Å². The van der Waals surface area contributed by atoms with Crippen molar-refractivity contribution in [3.63, 3.8) is 0 Å². The first kappa shape index (κ1) is 34.8. The summed E-state index contributed by atoms with van der Waals surface area (Å²) >= 11 is 0. The van der Waals surface area contributed by atoms with Gasteiger partial charge in [-0.25, -0.2) is 0 Å². The van der Waals surface area contributed by atoms with Crippen LogP contribution in [-0.2, 0) is 42.9 Å². The third-order valence-corrected chi connectivity index (χ3v) is 2.69. The minimum Gasteiger partial charge on any atom is 2.00 e. The van der Waals surface area contributed by atoms with Crippen LogP contribution < -0.4 is 9.13 Å². The summed E-state index contributed by atoms with van der Waals surface area (Å²) in [5.74, 6) is 0. The van der Waals surface area contributed by atoms with E-state index in [2.05, 4.69) is 32.0 Å². The van der Waals surface area contributed by atoms with Crippen LogP contribution >= 0.6 is 7.81 Å². The van der Waals surface area contributed by atoms with Crippen LogP contribution in [0.15, 0.2) is 43.0 Å². The normalized spacial score (nSPS) is 11.2. The van der Waals surface area contributed by atoms with Crippen molar-refractivity contribution in [3.05, 3.63) is 75.0 Å². The van der Waals surface area contributed by atoms with Gasteiger partial charge in [0.2, 0.25) is 12.7 Å². The van der Waals surface area contributed by atoms with Crippen molar-refractivity contribution < 1.29 is 63.1 Å². The number of imidazole rings is 2. The Morgan fingerprint density at radius 3 is 1.36 bits per heavy atom. The molecule has 0 unspecified atom stereocenters. The summed E-state index contributed by atoms with van der Waals surface area (Å²) in [6, 6.07) is 11.1. The second kappa shape index (κ2) is 13.7. The zero-order valence-corrected chi connectivity index (χ0v) is 19.8. The van der Waals surface area contributed by atoms with E-state index in [1.54, 1.807) is 6.07 Å². The number of nitriles is 1. The Bertz CT molecular complexity index is 1000. The molecule has 0 amide bonds. The Balaban J connectivity index is -0.000000509. The monoisotopic (exact) mass is 581 g/mol. The quantitative estimate of drug-likeness (QED) is 0.112. The molecule has 0 fully saturated rings. The third-order valence-electron chi connectivity index (χ3n) is 2.69. The van der Waals surface area contributed by atoms with Gasteiger partial charge in [0.1, 0.15) is 0 Å². The molecule has 0 saturated carbocycles. The van der Waals surface area contributed by atoms with Crippen molar-refractivity contribution in [2.75, 3.05) is 0 Å². The molecule has 0 atom stereocenters. The zero-order valence-electron chi connectivity index (χ0n) is 17.2. The summed E-state index contributed by atoms with van der Waals surface area (Å²) in [4.78, 5) is 0. The van der Waals surface area contributed by atoms with Gasteiger partial charge in [-0.05, 0) is 0 Å². The zero-order chi connectivity index (χ0) is 25.7. The summed E-state index contributed by atoms with van der Waals surface area (Å²) in [5.41, 5.74) is 1.91. The molecular weight excluding hydrogens is 564 g/mol. The summed E-state index contributed by atoms with van der Waals surface area (Å²) in [7, 11) is -6.77. The van der Waals surface area contributed by atoms with E-state index in [0.29, 0.717) is 0 Å². The SMILES string of the molecule is CC#N.C[n+]1[c-]n(-c2[c-]c(-n3[c-][n+](C)cc3)ccc2)cc1.F[P-](F)(F)(F)(F)F.[C-]#[O+].[C-]#[O+].[Ru+2]. The minimum atomic E-state index is -10.7. The maximum atomic E-state index is 9.87. The second-order valence-corrected chi connectivity index (χ2v) is 7.28. The number of halogens is 6. The first-order valence-corrected chi connectivity index (χ1v) is 9.85. The van der Waals surface area contributed by atoms with Gasteiger partial charge in [-0.15, -0.1) is 0 Å². The Morgan fingerprint density at radius 2 is 1.15 bits per heavy atom. The number of nitrogens with zero attached hydrogens (tertiary/aromatic N) is 5. The van der Waals surface area contributed by atoms with E-state index in [1.807, 2.05) is 75.4 Å². The van der Waals surface area contributed by atoms with Crippen molar-refractivity contribution >= 4 is 7.81 Å². The molecule has 0 radical (unpaired) electrons. The largest absolute Gasteiger partial charge is 2.00 e. The van der Waals surface area contributed by atoms with Crippen LogP contribution in [0.4, 0.5) is 25.2 Å². The summed E-state index contributed by atoms with van der Waals surface area (Å²) < 4.78 is 81.8. The third kappa shape index (κ3) is 19.6. The van der Waals surface area contributed by atoms with Crippen molar-refractivity contribution in [2.45, 2.75) is 6.92 Å². The van der Waals surface area contributed by atoms with Crippen molar-refractivity contribution in [2.24, 2.45) is 14.1 Å². The molecule has 0 saturated heterocycles. The molecule has 2 aromatic heterocycles. The van der Waals surface area contributed by atoms with Crippen molar-refractivity contribution in [3.8, 4) is 17.4 Å². The van der Waals surface area contributed by atoms with Crippen LogP contribution in [0, 0.1) is 43.4 Å². The van der Waals surface area contributed by atoms with E-state index in [0.717, 1.165) is 11.4 Å². The molecular formula is C18H16F6N5O2PRu. The number of benzene rings is 1. The van der Waals surface area contributed by atoms with Gasteiger partial charge >= 0.3 is 75.1 Å². The Morgan fingerprint density at radius 1 is 0.879 bits per heavy atom. The molecule has 0 aliphatic carbocycles. The molecule has 15 heteroatoms. The predicted octanol–water partition coefficient (Wildman–Crippen LogP) is 4.15. The summed E-state index contributed by atoms with van der Waals surface area (Å²) in [6.07, 6.45) is 14.1. The molecule has 2 heterocycles. The average molecular weight is 580 g/mol. The van der Waals surface area contributed by atoms with Gasteiger partial charge in [0.25, 0.3) is 0 Å². The Kier molecular flexibility index (Phi) is 14.5. The number of rotatable bonds is 2. The van der Waals surface area contributed by atoms with Crippen LogP contribution in [-0.4, -0.2) is 9.13 Å². The number of hydrogen-bond donors (Lipinski definition) is 0. The van der Waals surface area contributed by atoms with Gasteiger partial charge in [-0.3, -0.25) is 0 Å². The molecule has 7 nitrogen and oxygen atoms in total. The van der Waals surface area contributed by atoms with Crippen LogP contribution in [0.1, 0.15) is 6.92 Å². The van der Waals surface area contributed by atoms with Gasteiger partial charge < -0.3 is 18.3 Å². The summed E-state index contributed by atoms with van der Waals surface area (Å²) in [5, 5.41) is 7.32. The van der Waals surface area contributed by atoms with E-state index >= 15 is 0 Å². The number of aryl methyl sites for hydroxylation is 2. The fourth-order valence-corrected chi connectivity index (χ4v) is 1.80. The standard InChI is InChI=1S/C14H13N4.C2H3N.2CO.F6P.Ru/c1-15-6-8-17(11-15)13-4-3-5-14(10-13)18-9-7-16(2)12-18;1-2-3;2*1-2;1-7(2,3,4,5)6;/h3-9H,1-2H3;1H3;;;;/q-1;;;;-1;+2. The van der Waals surface area contributed by atoms with E-state index in [1.165, 1.54) is 6.92 Å². The number of hydrogen-bond acceptors (Lipinski definition) is 1. The molecule has 1 aromatic carbocycles. The van der Waals surface area contributed by atoms with Crippen LogP contribution in [0.5, 0.6) is 0 Å². The molecule has 180 valence electrons. The van der Waals surface area contributed by atoms with Crippen molar-refractivity contribution in [1.82, 2.24) is 9.13 Å². The van der Waals surface area contributed by atoms with Crippen LogP contribution in [0.2, 0.25) is 0 Å². The maximum absolute atomic E-state index is 10.7. The van der Waals surface area contributed by atoms with Crippen molar-refractivity contribution in [1.29, 1.82) is 5.26 Å². The molecule has 3 aromatic rings. The van der Waals surface area contributed by atoms with Crippen LogP contribution in [0.3, 0.4) is 0 Å². The first-order chi connectivity index (χ1) is 14.6. The minimum absolute atomic E-state index is 0. The molecule has 0 aliphatic heterocycles. The smallest absolute Gasteiger partial charge is 2.00 e. The Hall–Kier alpha value is -2.76. The van der Waals surface area contributed by atoms with Gasteiger partial charge in [0.15, 0.2) is 0 Å². The van der Waals surface area contributed by atoms with E-state index in [-0.39, 0.29) is 19.5 Å². The summed E-state index contributed by atoms with van der Waals surface area (Å²) in [6.45, 7) is 10.4. The fraction of sp³-hybridized carbons (Fsp3) is 0.167. The van der Waals surface area contributed by atoms with E-state index < -0.39 is 7.81 Å². The van der Waals surface area contributed by atoms with Gasteiger partial charge in [0, 0.05) is 31.7 Å². The van der Waals surface area contributed by atoms with Crippen LogP contribution in [0.25, 0.3) is 11.4 Å². The maximum Gasteiger partial charge on any atom is 2.00 e. The molecule has 0 aliphatic rings.